The van der Waals surface area contributed by atoms with Crippen LogP contribution in [0.5, 0.6) is 5.75 Å². The number of ether oxygens (including phenoxy) is 1. The van der Waals surface area contributed by atoms with Gasteiger partial charge in [-0.25, -0.2) is 19.3 Å². The maximum atomic E-state index is 15.1. The Labute approximate surface area is 213 Å². The zero-order valence-electron chi connectivity index (χ0n) is 19.7. The number of aromatic nitrogens is 3. The van der Waals surface area contributed by atoms with Crippen molar-refractivity contribution in [3.05, 3.63) is 54.1 Å². The Hall–Kier alpha value is -3.46. The van der Waals surface area contributed by atoms with Gasteiger partial charge in [-0.15, -0.1) is 0 Å². The summed E-state index contributed by atoms with van der Waals surface area (Å²) in [4.78, 5) is 29.9. The first-order valence-electron chi connectivity index (χ1n) is 12.2. The summed E-state index contributed by atoms with van der Waals surface area (Å²) in [6, 6.07) is 7.37. The minimum absolute atomic E-state index is 0.0275. The molecule has 4 fully saturated rings. The summed E-state index contributed by atoms with van der Waals surface area (Å²) < 4.78 is 20.8. The second kappa shape index (κ2) is 9.20. The van der Waals surface area contributed by atoms with Gasteiger partial charge in [0.1, 0.15) is 28.4 Å². The smallest absolute Gasteiger partial charge is 0.246 e. The number of pyridine rings is 1. The van der Waals surface area contributed by atoms with Crippen molar-refractivity contribution in [1.29, 1.82) is 0 Å². The average Bonchev–Trinajstić information content (AvgIpc) is 3.75. The van der Waals surface area contributed by atoms with Crippen LogP contribution >= 0.6 is 11.6 Å². The van der Waals surface area contributed by atoms with Crippen molar-refractivity contribution in [3.8, 4) is 5.75 Å². The lowest BCUT2D eigenvalue weighted by Crippen LogP contribution is -2.64. The van der Waals surface area contributed by atoms with Crippen LogP contribution in [-0.4, -0.2) is 57.5 Å². The molecule has 36 heavy (non-hydrogen) atoms. The highest BCUT2D eigenvalue weighted by Gasteiger charge is 2.41. The van der Waals surface area contributed by atoms with Gasteiger partial charge in [-0.2, -0.15) is 0 Å². The number of benzene rings is 1. The van der Waals surface area contributed by atoms with Crippen LogP contribution in [0.1, 0.15) is 25.7 Å². The Morgan fingerprint density at radius 3 is 2.75 bits per heavy atom. The topological polar surface area (TPSA) is 83.5 Å². The molecular formula is C26H26ClFN6O2. The molecule has 8 nitrogen and oxygen atoms in total. The molecule has 0 spiro atoms. The highest BCUT2D eigenvalue weighted by atomic mass is 35.5. The molecule has 3 aromatic rings. The van der Waals surface area contributed by atoms with E-state index in [0.29, 0.717) is 48.2 Å². The van der Waals surface area contributed by atoms with Gasteiger partial charge < -0.3 is 19.9 Å². The lowest BCUT2D eigenvalue weighted by Gasteiger charge is -2.51. The lowest BCUT2D eigenvalue weighted by molar-refractivity contribution is -0.131. The number of rotatable bonds is 7. The Balaban J connectivity index is 1.27. The highest BCUT2D eigenvalue weighted by molar-refractivity contribution is 6.32. The van der Waals surface area contributed by atoms with Crippen molar-refractivity contribution in [3.63, 3.8) is 0 Å². The molecular weight excluding hydrogens is 483 g/mol. The molecule has 2 bridgehead atoms. The number of amides is 1. The van der Waals surface area contributed by atoms with Gasteiger partial charge in [0.15, 0.2) is 11.6 Å². The van der Waals surface area contributed by atoms with Crippen molar-refractivity contribution >= 4 is 45.9 Å². The average molecular weight is 509 g/mol. The van der Waals surface area contributed by atoms with Crippen LogP contribution in [0.4, 0.5) is 21.7 Å². The number of carbonyl (C=O) groups is 1. The van der Waals surface area contributed by atoms with Crippen LogP contribution in [0, 0.1) is 11.7 Å². The molecule has 1 aliphatic carbocycles. The fourth-order valence-corrected chi connectivity index (χ4v) is 5.26. The van der Waals surface area contributed by atoms with Gasteiger partial charge in [0.2, 0.25) is 5.91 Å². The molecule has 1 unspecified atom stereocenters. The molecule has 10 heteroatoms. The van der Waals surface area contributed by atoms with E-state index in [-0.39, 0.29) is 28.7 Å². The van der Waals surface area contributed by atoms with E-state index in [9.17, 15) is 4.79 Å². The van der Waals surface area contributed by atoms with Gasteiger partial charge in [-0.3, -0.25) is 4.79 Å². The standard InChI is InChI=1S/C26H26ClFN6O2/c1-2-22(35)34-12-16-5-6-17(34)11-33(16)21-10-8-19-25(32-21)26(30-14-29-19)31-18-7-9-20(23(27)24(18)28)36-13-15-3-4-15/h2,7-10,14-17H,1,3-6,11-13H2,(H,29,30,31)/t16?,17-/m1/s1. The van der Waals surface area contributed by atoms with E-state index in [1.165, 1.54) is 12.4 Å². The summed E-state index contributed by atoms with van der Waals surface area (Å²) in [6.07, 6.45) is 7.02. The predicted octanol–water partition coefficient (Wildman–Crippen LogP) is 4.72. The van der Waals surface area contributed by atoms with E-state index < -0.39 is 5.82 Å². The van der Waals surface area contributed by atoms with Crippen LogP contribution in [0.2, 0.25) is 5.02 Å². The van der Waals surface area contributed by atoms with E-state index in [2.05, 4.69) is 26.8 Å². The summed E-state index contributed by atoms with van der Waals surface area (Å²) in [5.74, 6) is 1.41. The van der Waals surface area contributed by atoms with Gasteiger partial charge in [-0.1, -0.05) is 18.2 Å². The SMILES string of the molecule is C=CC(=O)N1CC2CC[C@@H]1CN2c1ccc2ncnc(Nc3ccc(OCC4CC4)c(Cl)c3F)c2n1. The molecule has 3 saturated heterocycles. The first kappa shape index (κ1) is 23.0. The van der Waals surface area contributed by atoms with Crippen LogP contribution in [0.3, 0.4) is 0 Å². The van der Waals surface area contributed by atoms with E-state index >= 15 is 4.39 Å². The molecule has 7 rings (SSSR count). The molecule has 0 radical (unpaired) electrons. The maximum absolute atomic E-state index is 15.1. The third kappa shape index (κ3) is 4.21. The summed E-state index contributed by atoms with van der Waals surface area (Å²) in [6.45, 7) is 5.52. The van der Waals surface area contributed by atoms with Crippen molar-refractivity contribution in [2.45, 2.75) is 37.8 Å². The number of nitrogens with one attached hydrogen (secondary N) is 1. The van der Waals surface area contributed by atoms with Crippen LogP contribution < -0.4 is 15.0 Å². The van der Waals surface area contributed by atoms with Crippen LogP contribution in [-0.2, 0) is 4.79 Å². The zero-order chi connectivity index (χ0) is 24.8. The van der Waals surface area contributed by atoms with Gasteiger partial charge in [-0.05, 0) is 61.9 Å². The third-order valence-electron chi connectivity index (χ3n) is 7.22. The Bertz CT molecular complexity index is 1350. The van der Waals surface area contributed by atoms with E-state index in [1.54, 1.807) is 12.1 Å². The number of carbonyl (C=O) groups excluding carboxylic acids is 1. The molecule has 2 atom stereocenters. The maximum Gasteiger partial charge on any atom is 0.246 e. The molecule has 1 saturated carbocycles. The summed E-state index contributed by atoms with van der Waals surface area (Å²) >= 11 is 6.26. The molecule has 2 aromatic heterocycles. The number of nitrogens with zero attached hydrogens (tertiary/aromatic N) is 5. The van der Waals surface area contributed by atoms with Gasteiger partial charge in [0.25, 0.3) is 0 Å². The summed E-state index contributed by atoms with van der Waals surface area (Å²) in [5.41, 5.74) is 1.35. The highest BCUT2D eigenvalue weighted by Crippen LogP contribution is 2.37. The fraction of sp³-hybridized carbons (Fsp3) is 0.385. The van der Waals surface area contributed by atoms with Gasteiger partial charge >= 0.3 is 0 Å². The number of piperazine rings is 1. The minimum Gasteiger partial charge on any atom is -0.492 e. The largest absolute Gasteiger partial charge is 0.492 e. The zero-order valence-corrected chi connectivity index (χ0v) is 20.4. The predicted molar refractivity (Wildman–Crippen MR) is 136 cm³/mol. The number of fused-ring (bicyclic) bond motifs is 4. The van der Waals surface area contributed by atoms with Crippen molar-refractivity contribution in [1.82, 2.24) is 19.9 Å². The number of halogens is 2. The van der Waals surface area contributed by atoms with Crippen LogP contribution in [0.15, 0.2) is 43.2 Å². The first-order chi connectivity index (χ1) is 17.5. The molecule has 1 N–H and O–H groups in total. The van der Waals surface area contributed by atoms with E-state index in [0.717, 1.165) is 31.5 Å². The molecule has 4 aliphatic rings. The van der Waals surface area contributed by atoms with E-state index in [4.69, 9.17) is 21.3 Å². The molecule has 3 aliphatic heterocycles. The normalized spacial score (nSPS) is 21.1. The Morgan fingerprint density at radius 2 is 2.00 bits per heavy atom. The molecule has 1 aromatic carbocycles. The Kier molecular flexibility index (Phi) is 5.87. The number of hydrogen-bond donors (Lipinski definition) is 1. The van der Waals surface area contributed by atoms with Crippen molar-refractivity contribution in [2.24, 2.45) is 5.92 Å². The Morgan fingerprint density at radius 1 is 1.17 bits per heavy atom. The third-order valence-corrected chi connectivity index (χ3v) is 7.57. The lowest BCUT2D eigenvalue weighted by atomic mass is 9.90. The van der Waals surface area contributed by atoms with E-state index in [1.807, 2.05) is 17.0 Å². The molecule has 1 amide bonds. The number of anilines is 3. The molecule has 5 heterocycles. The minimum atomic E-state index is -0.604. The summed E-state index contributed by atoms with van der Waals surface area (Å²) in [7, 11) is 0. The van der Waals surface area contributed by atoms with Crippen molar-refractivity contribution in [2.75, 3.05) is 29.9 Å². The van der Waals surface area contributed by atoms with Gasteiger partial charge in [0, 0.05) is 25.2 Å². The van der Waals surface area contributed by atoms with Gasteiger partial charge in [0.05, 0.1) is 17.8 Å². The monoisotopic (exact) mass is 508 g/mol. The molecule has 186 valence electrons. The first-order valence-corrected chi connectivity index (χ1v) is 12.6. The second-order valence-electron chi connectivity index (χ2n) is 9.61. The number of hydrogen-bond acceptors (Lipinski definition) is 7. The number of piperidine rings is 2. The van der Waals surface area contributed by atoms with Crippen LogP contribution in [0.25, 0.3) is 11.0 Å². The fourth-order valence-electron chi connectivity index (χ4n) is 5.04. The van der Waals surface area contributed by atoms with Crippen molar-refractivity contribution < 1.29 is 13.9 Å². The summed E-state index contributed by atoms with van der Waals surface area (Å²) in [5, 5.41) is 2.98. The quantitative estimate of drug-likeness (QED) is 0.462. The second-order valence-corrected chi connectivity index (χ2v) is 9.99.